The van der Waals surface area contributed by atoms with E-state index in [1.54, 1.807) is 0 Å². The first kappa shape index (κ1) is 26.6. The third-order valence-electron chi connectivity index (χ3n) is 6.36. The lowest BCUT2D eigenvalue weighted by Gasteiger charge is -2.42. The molecule has 0 atom stereocenters. The van der Waals surface area contributed by atoms with E-state index in [0.717, 1.165) is 37.8 Å². The van der Waals surface area contributed by atoms with Crippen LogP contribution in [0.15, 0.2) is 72.8 Å². The lowest BCUT2D eigenvalue weighted by Crippen LogP contribution is -2.52. The number of hydrogen-bond donors (Lipinski definition) is 1. The van der Waals surface area contributed by atoms with Crippen LogP contribution in [-0.2, 0) is 14.3 Å². The molecule has 178 valence electrons. The fourth-order valence-corrected chi connectivity index (χ4v) is 9.33. The van der Waals surface area contributed by atoms with Crippen molar-refractivity contribution in [1.82, 2.24) is 0 Å². The molecular formula is C28H38O4Si. The van der Waals surface area contributed by atoms with E-state index in [2.05, 4.69) is 74.5 Å². The van der Waals surface area contributed by atoms with Crippen molar-refractivity contribution in [1.29, 1.82) is 0 Å². The Morgan fingerprint density at radius 1 is 0.818 bits per heavy atom. The maximum absolute atomic E-state index is 11.8. The third-order valence-corrected chi connectivity index (χ3v) is 10.6. The van der Waals surface area contributed by atoms with Gasteiger partial charge >= 0.3 is 11.9 Å². The van der Waals surface area contributed by atoms with Gasteiger partial charge in [-0.1, -0.05) is 111 Å². The number of hydrogen-bond acceptors (Lipinski definition) is 3. The largest absolute Gasteiger partial charge is 0.478 e. The fourth-order valence-electron chi connectivity index (χ4n) is 4.84. The summed E-state index contributed by atoms with van der Waals surface area (Å²) in [6.45, 7) is 4.82. The highest BCUT2D eigenvalue weighted by Crippen LogP contribution is 2.46. The van der Waals surface area contributed by atoms with Gasteiger partial charge in [-0.2, -0.15) is 0 Å². The highest BCUT2D eigenvalue weighted by Gasteiger charge is 2.40. The van der Waals surface area contributed by atoms with E-state index < -0.39 is 20.7 Å². The van der Waals surface area contributed by atoms with E-state index in [-0.39, 0.29) is 5.04 Å². The second-order valence-corrected chi connectivity index (χ2v) is 12.2. The fraction of sp³-hybridized carbons (Fsp3) is 0.429. The molecule has 0 aromatic heterocycles. The van der Waals surface area contributed by atoms with Crippen molar-refractivity contribution in [2.75, 3.05) is 6.61 Å². The van der Waals surface area contributed by atoms with Gasteiger partial charge in [0.1, 0.15) is 8.80 Å². The molecule has 1 N–H and O–H groups in total. The Bertz CT molecular complexity index is 816. The summed E-state index contributed by atoms with van der Waals surface area (Å²) in [5.41, 5.74) is 0. The van der Waals surface area contributed by atoms with Gasteiger partial charge in [0.05, 0.1) is 6.61 Å². The van der Waals surface area contributed by atoms with E-state index >= 15 is 0 Å². The molecular weight excluding hydrogens is 428 g/mol. The quantitative estimate of drug-likeness (QED) is 0.171. The van der Waals surface area contributed by atoms with E-state index in [4.69, 9.17) is 9.84 Å². The zero-order valence-corrected chi connectivity index (χ0v) is 21.2. The van der Waals surface area contributed by atoms with Gasteiger partial charge < -0.3 is 9.84 Å². The molecule has 2 aromatic carbocycles. The SMILES string of the molecule is CCCCC(CCCC)(CCCOC(=O)/C=C\C(=O)O)[SiH](c1ccccc1)c1ccccc1. The van der Waals surface area contributed by atoms with Crippen molar-refractivity contribution >= 4 is 31.1 Å². The number of carboxylic acid groups (broad SMARTS) is 1. The maximum atomic E-state index is 11.8. The second-order valence-electron chi connectivity index (χ2n) is 8.77. The Morgan fingerprint density at radius 3 is 1.76 bits per heavy atom. The Labute approximate surface area is 200 Å². The van der Waals surface area contributed by atoms with Crippen LogP contribution >= 0.6 is 0 Å². The molecule has 33 heavy (non-hydrogen) atoms. The molecule has 0 amide bonds. The Balaban J connectivity index is 2.34. The first-order chi connectivity index (χ1) is 16.0. The molecule has 0 bridgehead atoms. The molecule has 0 unspecified atom stereocenters. The molecule has 2 rings (SSSR count). The topological polar surface area (TPSA) is 63.6 Å². The molecule has 4 nitrogen and oxygen atoms in total. The summed E-state index contributed by atoms with van der Waals surface area (Å²) in [5, 5.41) is 11.8. The Morgan fingerprint density at radius 2 is 1.30 bits per heavy atom. The summed E-state index contributed by atoms with van der Waals surface area (Å²) in [6.07, 6.45) is 10.6. The van der Waals surface area contributed by atoms with Gasteiger partial charge in [0.25, 0.3) is 0 Å². The Hall–Kier alpha value is -2.66. The molecule has 0 heterocycles. The number of unbranched alkanes of at least 4 members (excludes halogenated alkanes) is 2. The minimum absolute atomic E-state index is 0.192. The summed E-state index contributed by atoms with van der Waals surface area (Å²) in [4.78, 5) is 22.4. The molecule has 0 aliphatic carbocycles. The summed E-state index contributed by atoms with van der Waals surface area (Å²) < 4.78 is 5.31. The van der Waals surface area contributed by atoms with Crippen LogP contribution in [0.25, 0.3) is 0 Å². The Kier molecular flexibility index (Phi) is 11.7. The van der Waals surface area contributed by atoms with Crippen LogP contribution < -0.4 is 10.4 Å². The average Bonchev–Trinajstić information content (AvgIpc) is 2.84. The van der Waals surface area contributed by atoms with Crippen molar-refractivity contribution in [3.63, 3.8) is 0 Å². The summed E-state index contributed by atoms with van der Waals surface area (Å²) in [5.74, 6) is -1.74. The third kappa shape index (κ3) is 8.65. The van der Waals surface area contributed by atoms with Gasteiger partial charge in [0.2, 0.25) is 0 Å². The van der Waals surface area contributed by atoms with Crippen molar-refractivity contribution in [3.05, 3.63) is 72.8 Å². The van der Waals surface area contributed by atoms with Gasteiger partial charge in [0, 0.05) is 12.2 Å². The smallest absolute Gasteiger partial charge is 0.331 e. The van der Waals surface area contributed by atoms with E-state index in [1.807, 2.05) is 0 Å². The second kappa shape index (κ2) is 14.5. The zero-order chi connectivity index (χ0) is 23.9. The minimum atomic E-state index is -1.59. The van der Waals surface area contributed by atoms with Crippen LogP contribution in [0.4, 0.5) is 0 Å². The van der Waals surface area contributed by atoms with Crippen LogP contribution in [0.1, 0.15) is 65.2 Å². The highest BCUT2D eigenvalue weighted by atomic mass is 28.3. The number of carbonyl (C=O) groups is 2. The van der Waals surface area contributed by atoms with E-state index in [1.165, 1.54) is 36.1 Å². The van der Waals surface area contributed by atoms with Gasteiger partial charge in [0.15, 0.2) is 0 Å². The molecule has 0 aliphatic heterocycles. The monoisotopic (exact) mass is 466 g/mol. The lowest BCUT2D eigenvalue weighted by molar-refractivity contribution is -0.138. The number of aliphatic carboxylic acids is 1. The van der Waals surface area contributed by atoms with Crippen LogP contribution in [0.2, 0.25) is 5.04 Å². The molecule has 0 radical (unpaired) electrons. The summed E-state index contributed by atoms with van der Waals surface area (Å²) in [6, 6.07) is 22.0. The highest BCUT2D eigenvalue weighted by molar-refractivity contribution is 6.87. The minimum Gasteiger partial charge on any atom is -0.478 e. The van der Waals surface area contributed by atoms with Crippen molar-refractivity contribution in [2.45, 2.75) is 70.3 Å². The lowest BCUT2D eigenvalue weighted by atomic mass is 9.90. The van der Waals surface area contributed by atoms with E-state index in [9.17, 15) is 9.59 Å². The molecule has 5 heteroatoms. The molecule has 2 aromatic rings. The molecule has 0 saturated carbocycles. The number of ether oxygens (including phenoxy) is 1. The standard InChI is InChI=1S/C28H38O4Si/c1-3-5-20-28(21-6-4-2,22-13-23-32-27(31)19-18-26(29)30)33(24-14-9-7-10-15-24)25-16-11-8-12-17-25/h7-12,14-19,33H,3-6,13,20-23H2,1-2H3,(H,29,30)/b19-18-. The van der Waals surface area contributed by atoms with Crippen LogP contribution in [0, 0.1) is 0 Å². The van der Waals surface area contributed by atoms with Gasteiger partial charge in [-0.3, -0.25) is 0 Å². The normalized spacial score (nSPS) is 11.7. The maximum Gasteiger partial charge on any atom is 0.331 e. The number of carboxylic acids is 1. The number of benzene rings is 2. The number of carbonyl (C=O) groups excluding carboxylic acids is 1. The first-order valence-corrected chi connectivity index (χ1v) is 13.9. The van der Waals surface area contributed by atoms with E-state index in [0.29, 0.717) is 6.61 Å². The van der Waals surface area contributed by atoms with Gasteiger partial charge in [-0.15, -0.1) is 0 Å². The molecule has 0 aliphatic rings. The summed E-state index contributed by atoms with van der Waals surface area (Å²) >= 11 is 0. The first-order valence-electron chi connectivity index (χ1n) is 12.2. The zero-order valence-electron chi connectivity index (χ0n) is 20.0. The van der Waals surface area contributed by atoms with Crippen molar-refractivity contribution < 1.29 is 19.4 Å². The van der Waals surface area contributed by atoms with Crippen molar-refractivity contribution in [2.24, 2.45) is 0 Å². The van der Waals surface area contributed by atoms with Crippen LogP contribution in [-0.4, -0.2) is 32.4 Å². The van der Waals surface area contributed by atoms with Crippen LogP contribution in [0.3, 0.4) is 0 Å². The predicted octanol–water partition coefficient (Wildman–Crippen LogP) is 5.11. The average molecular weight is 467 g/mol. The predicted molar refractivity (Wildman–Crippen MR) is 138 cm³/mol. The number of rotatable bonds is 15. The number of esters is 1. The van der Waals surface area contributed by atoms with Gasteiger partial charge in [-0.05, 0) is 30.7 Å². The molecule has 0 spiro atoms. The summed E-state index contributed by atoms with van der Waals surface area (Å²) in [7, 11) is -1.59. The molecule has 0 saturated heterocycles. The van der Waals surface area contributed by atoms with Crippen LogP contribution in [0.5, 0.6) is 0 Å². The van der Waals surface area contributed by atoms with Crippen molar-refractivity contribution in [3.8, 4) is 0 Å². The molecule has 0 fully saturated rings. The van der Waals surface area contributed by atoms with Gasteiger partial charge in [-0.25, -0.2) is 9.59 Å².